The van der Waals surface area contributed by atoms with Crippen molar-refractivity contribution in [1.29, 1.82) is 0 Å². The van der Waals surface area contributed by atoms with Gasteiger partial charge in [-0.3, -0.25) is 0 Å². The molecule has 0 aromatic rings. The van der Waals surface area contributed by atoms with Crippen LogP contribution in [0.15, 0.2) is 0 Å². The summed E-state index contributed by atoms with van der Waals surface area (Å²) in [5.41, 5.74) is 14.2. The van der Waals surface area contributed by atoms with E-state index < -0.39 is 0 Å². The Kier molecular flexibility index (Phi) is 2.25. The second-order valence-electron chi connectivity index (χ2n) is 2.78. The summed E-state index contributed by atoms with van der Waals surface area (Å²) in [6.45, 7) is 1.44. The Bertz CT molecular complexity index is 108. The van der Waals surface area contributed by atoms with Gasteiger partial charge in [-0.2, -0.15) is 0 Å². The number of nitrogens with zero attached hydrogens (tertiary/aromatic N) is 1. The number of hydrogen-bond acceptors (Lipinski definition) is 4. The van der Waals surface area contributed by atoms with Gasteiger partial charge in [-0.25, -0.2) is 10.4 Å². The summed E-state index contributed by atoms with van der Waals surface area (Å²) in [5, 5.41) is 2.08. The smallest absolute Gasteiger partial charge is 0.0994 e. The maximum Gasteiger partial charge on any atom is 0.0994 e. The number of hydrazine groups is 1. The first-order valence-electron chi connectivity index (χ1n) is 3.67. The maximum atomic E-state index is 5.44. The Labute approximate surface area is 61.5 Å². The van der Waals surface area contributed by atoms with E-state index in [4.69, 9.17) is 11.5 Å². The quantitative estimate of drug-likeness (QED) is 0.434. The molecular weight excluding hydrogens is 128 g/mol. The third-order valence-electron chi connectivity index (χ3n) is 2.08. The number of rotatable bonds is 4. The monoisotopic (exact) mass is 144 g/mol. The Balaban J connectivity index is 2.31. The summed E-state index contributed by atoms with van der Waals surface area (Å²) in [6.07, 6.45) is 1.97. The van der Waals surface area contributed by atoms with E-state index in [2.05, 4.69) is 10.4 Å². The van der Waals surface area contributed by atoms with E-state index in [0.717, 1.165) is 25.9 Å². The number of nitrogens with one attached hydrogen (secondary N) is 1. The number of hydrogen-bond donors (Lipinski definition) is 3. The largest absolute Gasteiger partial charge is 0.330 e. The van der Waals surface area contributed by atoms with Crippen LogP contribution in [0.4, 0.5) is 0 Å². The van der Waals surface area contributed by atoms with Gasteiger partial charge in [0.15, 0.2) is 0 Å². The molecule has 1 fully saturated rings. The topological polar surface area (TPSA) is 77.0 Å². The van der Waals surface area contributed by atoms with Crippen molar-refractivity contribution in [1.82, 2.24) is 10.4 Å². The van der Waals surface area contributed by atoms with Crippen molar-refractivity contribution < 1.29 is 0 Å². The van der Waals surface area contributed by atoms with E-state index >= 15 is 0 Å². The predicted octanol–water partition coefficient (Wildman–Crippen LogP) is -1.17. The van der Waals surface area contributed by atoms with Crippen molar-refractivity contribution in [3.05, 3.63) is 0 Å². The Morgan fingerprint density at radius 1 is 1.30 bits per heavy atom. The molecule has 0 aromatic carbocycles. The van der Waals surface area contributed by atoms with Gasteiger partial charge in [0, 0.05) is 7.05 Å². The van der Waals surface area contributed by atoms with Crippen LogP contribution in [0.2, 0.25) is 0 Å². The molecule has 0 aromatic heterocycles. The minimum absolute atomic E-state index is 0.142. The van der Waals surface area contributed by atoms with Gasteiger partial charge in [0.25, 0.3) is 0 Å². The first kappa shape index (κ1) is 7.94. The lowest BCUT2D eigenvalue weighted by atomic mass is 10.1. The molecule has 5 N–H and O–H groups in total. The molecule has 1 aliphatic heterocycles. The van der Waals surface area contributed by atoms with Crippen LogP contribution in [0.5, 0.6) is 0 Å². The van der Waals surface area contributed by atoms with E-state index in [-0.39, 0.29) is 5.66 Å². The molecule has 1 atom stereocenters. The standard InChI is InChI=1S/C6H16N4/c1-10-6(9-10,2-4-7)3-5-8/h9H,2-5,7-8H2,1H3. The molecule has 4 nitrogen and oxygen atoms in total. The molecule has 0 aliphatic carbocycles. The third kappa shape index (κ3) is 1.29. The summed E-state index contributed by atoms with van der Waals surface area (Å²) >= 11 is 0. The Hall–Kier alpha value is -0.160. The van der Waals surface area contributed by atoms with Crippen LogP contribution in [-0.2, 0) is 0 Å². The minimum atomic E-state index is 0.142. The fourth-order valence-electron chi connectivity index (χ4n) is 1.34. The SMILES string of the molecule is CN1NC1(CCN)CCN. The minimum Gasteiger partial charge on any atom is -0.330 e. The van der Waals surface area contributed by atoms with E-state index in [9.17, 15) is 0 Å². The van der Waals surface area contributed by atoms with Gasteiger partial charge in [-0.1, -0.05) is 0 Å². The number of nitrogens with two attached hydrogens (primary N) is 2. The Morgan fingerprint density at radius 3 is 1.90 bits per heavy atom. The van der Waals surface area contributed by atoms with Gasteiger partial charge in [-0.15, -0.1) is 0 Å². The summed E-state index contributed by atoms with van der Waals surface area (Å²) in [5.74, 6) is 0. The van der Waals surface area contributed by atoms with E-state index in [1.807, 2.05) is 7.05 Å². The lowest BCUT2D eigenvalue weighted by Crippen LogP contribution is -2.26. The first-order valence-corrected chi connectivity index (χ1v) is 3.67. The Morgan fingerprint density at radius 2 is 1.70 bits per heavy atom. The zero-order chi connectivity index (χ0) is 7.61. The van der Waals surface area contributed by atoms with Gasteiger partial charge in [0.1, 0.15) is 0 Å². The van der Waals surface area contributed by atoms with Crippen LogP contribution in [0.25, 0.3) is 0 Å². The second-order valence-corrected chi connectivity index (χ2v) is 2.78. The second kappa shape index (κ2) is 2.84. The third-order valence-corrected chi connectivity index (χ3v) is 2.08. The molecule has 1 saturated heterocycles. The highest BCUT2D eigenvalue weighted by Gasteiger charge is 2.46. The van der Waals surface area contributed by atoms with Crippen LogP contribution in [0.3, 0.4) is 0 Å². The van der Waals surface area contributed by atoms with Crippen LogP contribution in [0.1, 0.15) is 12.8 Å². The predicted molar refractivity (Wildman–Crippen MR) is 41.0 cm³/mol. The first-order chi connectivity index (χ1) is 4.75. The normalized spacial score (nSPS) is 28.5. The van der Waals surface area contributed by atoms with E-state index in [0.29, 0.717) is 0 Å². The average molecular weight is 144 g/mol. The molecule has 10 heavy (non-hydrogen) atoms. The highest BCUT2D eigenvalue weighted by atomic mass is 15.8. The molecular formula is C6H16N4. The van der Waals surface area contributed by atoms with Crippen LogP contribution >= 0.6 is 0 Å². The summed E-state index contributed by atoms with van der Waals surface area (Å²) in [6, 6.07) is 0. The molecule has 1 rings (SSSR count). The molecule has 60 valence electrons. The lowest BCUT2D eigenvalue weighted by molar-refractivity contribution is 0.418. The van der Waals surface area contributed by atoms with Gasteiger partial charge in [-0.05, 0) is 25.9 Å². The van der Waals surface area contributed by atoms with Crippen molar-refractivity contribution in [3.63, 3.8) is 0 Å². The van der Waals surface area contributed by atoms with E-state index in [1.54, 1.807) is 0 Å². The van der Waals surface area contributed by atoms with Crippen molar-refractivity contribution >= 4 is 0 Å². The highest BCUT2D eigenvalue weighted by Crippen LogP contribution is 2.28. The molecule has 1 unspecified atom stereocenters. The van der Waals surface area contributed by atoms with E-state index in [1.165, 1.54) is 0 Å². The molecule has 4 heteroatoms. The summed E-state index contributed by atoms with van der Waals surface area (Å²) in [4.78, 5) is 0. The van der Waals surface area contributed by atoms with Gasteiger partial charge >= 0.3 is 0 Å². The average Bonchev–Trinajstić information content (AvgIpc) is 2.44. The van der Waals surface area contributed by atoms with Gasteiger partial charge in [0.05, 0.1) is 5.66 Å². The van der Waals surface area contributed by atoms with Crippen molar-refractivity contribution in [2.45, 2.75) is 18.5 Å². The molecule has 0 radical (unpaired) electrons. The molecule has 0 bridgehead atoms. The van der Waals surface area contributed by atoms with Gasteiger partial charge in [0.2, 0.25) is 0 Å². The lowest BCUT2D eigenvalue weighted by Gasteiger charge is -2.09. The molecule has 0 amide bonds. The zero-order valence-electron chi connectivity index (χ0n) is 6.43. The van der Waals surface area contributed by atoms with Gasteiger partial charge < -0.3 is 11.5 Å². The fourth-order valence-corrected chi connectivity index (χ4v) is 1.34. The summed E-state index contributed by atoms with van der Waals surface area (Å²) < 4.78 is 0. The zero-order valence-corrected chi connectivity index (χ0v) is 6.43. The maximum absolute atomic E-state index is 5.44. The fraction of sp³-hybridized carbons (Fsp3) is 1.00. The van der Waals surface area contributed by atoms with Crippen molar-refractivity contribution in [3.8, 4) is 0 Å². The molecule has 0 spiro atoms. The van der Waals surface area contributed by atoms with Crippen molar-refractivity contribution in [2.75, 3.05) is 20.1 Å². The molecule has 1 heterocycles. The molecule has 0 saturated carbocycles. The van der Waals surface area contributed by atoms with Crippen LogP contribution < -0.4 is 16.9 Å². The highest BCUT2D eigenvalue weighted by molar-refractivity contribution is 4.95. The summed E-state index contributed by atoms with van der Waals surface area (Å²) in [7, 11) is 2.02. The molecule has 1 aliphatic rings. The van der Waals surface area contributed by atoms with Crippen LogP contribution in [-0.4, -0.2) is 30.8 Å². The van der Waals surface area contributed by atoms with Crippen LogP contribution in [0, 0.1) is 0 Å². The van der Waals surface area contributed by atoms with Crippen molar-refractivity contribution in [2.24, 2.45) is 11.5 Å².